The molecule has 96 valence electrons. The van der Waals surface area contributed by atoms with Crippen LogP contribution in [0.1, 0.15) is 26.3 Å². The van der Waals surface area contributed by atoms with E-state index in [-0.39, 0.29) is 5.41 Å². The lowest BCUT2D eigenvalue weighted by Gasteiger charge is -2.19. The molecule has 1 rings (SSSR count). The molecule has 0 saturated heterocycles. The van der Waals surface area contributed by atoms with E-state index >= 15 is 0 Å². The fourth-order valence-corrected chi connectivity index (χ4v) is 2.69. The van der Waals surface area contributed by atoms with Gasteiger partial charge < -0.3 is 0 Å². The van der Waals surface area contributed by atoms with Crippen molar-refractivity contribution in [3.8, 4) is 0 Å². The molecule has 3 nitrogen and oxygen atoms in total. The summed E-state index contributed by atoms with van der Waals surface area (Å²) in [6.07, 6.45) is 0. The third-order valence-electron chi connectivity index (χ3n) is 2.43. The third-order valence-corrected chi connectivity index (χ3v) is 4.14. The average Bonchev–Trinajstić information content (AvgIpc) is 2.25. The number of hydrogen-bond donors (Lipinski definition) is 2. The number of nitrogens with one attached hydrogen (secondary N) is 1. The number of sulfonamides is 1. The average molecular weight is 273 g/mol. The van der Waals surface area contributed by atoms with Crippen molar-refractivity contribution in [2.45, 2.75) is 31.1 Å². The Morgan fingerprint density at radius 2 is 1.71 bits per heavy atom. The van der Waals surface area contributed by atoms with Crippen molar-refractivity contribution < 1.29 is 8.42 Å². The van der Waals surface area contributed by atoms with E-state index in [2.05, 4.69) is 38.1 Å². The Morgan fingerprint density at radius 1 is 1.18 bits per heavy atom. The van der Waals surface area contributed by atoms with Crippen LogP contribution in [0.15, 0.2) is 29.2 Å². The zero-order chi connectivity index (χ0) is 13.1. The van der Waals surface area contributed by atoms with Crippen molar-refractivity contribution in [1.82, 2.24) is 4.72 Å². The van der Waals surface area contributed by atoms with E-state index < -0.39 is 10.0 Å². The lowest BCUT2D eigenvalue weighted by molar-refractivity contribution is 0.580. The second-order valence-electron chi connectivity index (χ2n) is 4.90. The number of rotatable bonds is 4. The largest absolute Gasteiger partial charge is 0.240 e. The van der Waals surface area contributed by atoms with Gasteiger partial charge in [-0.05, 0) is 23.1 Å². The van der Waals surface area contributed by atoms with Crippen LogP contribution in [0.4, 0.5) is 0 Å². The van der Waals surface area contributed by atoms with Gasteiger partial charge in [0.1, 0.15) is 0 Å². The van der Waals surface area contributed by atoms with Gasteiger partial charge in [-0.1, -0.05) is 32.9 Å². The van der Waals surface area contributed by atoms with Crippen LogP contribution in [0.5, 0.6) is 0 Å². The molecule has 0 bridgehead atoms. The molecule has 17 heavy (non-hydrogen) atoms. The Morgan fingerprint density at radius 3 is 2.12 bits per heavy atom. The van der Waals surface area contributed by atoms with Gasteiger partial charge in [0.15, 0.2) is 0 Å². The molecule has 5 heteroatoms. The second kappa shape index (κ2) is 5.42. The zero-order valence-corrected chi connectivity index (χ0v) is 12.1. The second-order valence-corrected chi connectivity index (χ2v) is 7.11. The van der Waals surface area contributed by atoms with Crippen LogP contribution in [0.2, 0.25) is 0 Å². The van der Waals surface area contributed by atoms with Gasteiger partial charge in [-0.3, -0.25) is 0 Å². The molecule has 0 aliphatic carbocycles. The maximum atomic E-state index is 11.8. The van der Waals surface area contributed by atoms with E-state index in [9.17, 15) is 8.42 Å². The van der Waals surface area contributed by atoms with Crippen LogP contribution in [-0.2, 0) is 15.4 Å². The summed E-state index contributed by atoms with van der Waals surface area (Å²) in [5.41, 5.74) is 1.14. The molecule has 0 aromatic heterocycles. The van der Waals surface area contributed by atoms with Gasteiger partial charge in [0.05, 0.1) is 4.90 Å². The number of thiol groups is 1. The first-order valence-corrected chi connectivity index (χ1v) is 7.60. The molecule has 0 radical (unpaired) electrons. The van der Waals surface area contributed by atoms with Gasteiger partial charge in [0.2, 0.25) is 10.0 Å². The van der Waals surface area contributed by atoms with E-state index in [1.807, 2.05) is 12.1 Å². The monoisotopic (exact) mass is 273 g/mol. The van der Waals surface area contributed by atoms with Crippen molar-refractivity contribution in [2.24, 2.45) is 0 Å². The van der Waals surface area contributed by atoms with E-state index in [4.69, 9.17) is 0 Å². The molecule has 1 aromatic rings. The summed E-state index contributed by atoms with van der Waals surface area (Å²) >= 11 is 3.97. The minimum Gasteiger partial charge on any atom is -0.210 e. The Kier molecular flexibility index (Phi) is 4.63. The SMILES string of the molecule is CC(C)(C)c1ccc(S(=O)(=O)NCCS)cc1. The van der Waals surface area contributed by atoms with Crippen LogP contribution in [0, 0.1) is 0 Å². The Labute approximate surface area is 109 Å². The molecule has 0 aliphatic heterocycles. The molecular formula is C12H19NO2S2. The Hall–Kier alpha value is -0.520. The third kappa shape index (κ3) is 4.01. The molecule has 1 N–H and O–H groups in total. The summed E-state index contributed by atoms with van der Waals surface area (Å²) in [4.78, 5) is 0.298. The fourth-order valence-electron chi connectivity index (χ4n) is 1.40. The van der Waals surface area contributed by atoms with Crippen molar-refractivity contribution in [1.29, 1.82) is 0 Å². The quantitative estimate of drug-likeness (QED) is 0.826. The molecule has 0 aliphatic rings. The normalized spacial score (nSPS) is 12.7. The van der Waals surface area contributed by atoms with E-state index in [0.717, 1.165) is 5.56 Å². The summed E-state index contributed by atoms with van der Waals surface area (Å²) in [6, 6.07) is 6.99. The molecule has 0 spiro atoms. The first-order chi connectivity index (χ1) is 7.77. The maximum absolute atomic E-state index is 11.8. The molecular weight excluding hydrogens is 254 g/mol. The van der Waals surface area contributed by atoms with E-state index in [0.29, 0.717) is 17.2 Å². The standard InChI is InChI=1S/C12H19NO2S2/c1-12(2,3)10-4-6-11(7-5-10)17(14,15)13-8-9-16/h4-7,13,16H,8-9H2,1-3H3. The predicted octanol–water partition coefficient (Wildman–Crippen LogP) is 2.19. The van der Waals surface area contributed by atoms with Crippen LogP contribution in [0.3, 0.4) is 0 Å². The number of hydrogen-bond acceptors (Lipinski definition) is 3. The van der Waals surface area contributed by atoms with Crippen LogP contribution in [-0.4, -0.2) is 20.7 Å². The van der Waals surface area contributed by atoms with Crippen LogP contribution in [0.25, 0.3) is 0 Å². The van der Waals surface area contributed by atoms with Gasteiger partial charge in [-0.25, -0.2) is 13.1 Å². The predicted molar refractivity (Wildman–Crippen MR) is 74.2 cm³/mol. The molecule has 0 heterocycles. The highest BCUT2D eigenvalue weighted by atomic mass is 32.2. The minimum atomic E-state index is -3.38. The molecule has 0 amide bonds. The lowest BCUT2D eigenvalue weighted by atomic mass is 9.87. The highest BCUT2D eigenvalue weighted by Crippen LogP contribution is 2.23. The molecule has 0 atom stereocenters. The molecule has 0 fully saturated rings. The summed E-state index contributed by atoms with van der Waals surface area (Å²) < 4.78 is 26.1. The Bertz CT molecular complexity index is 458. The molecule has 0 saturated carbocycles. The van der Waals surface area contributed by atoms with Crippen molar-refractivity contribution >= 4 is 22.7 Å². The van der Waals surface area contributed by atoms with Gasteiger partial charge in [-0.15, -0.1) is 0 Å². The first kappa shape index (κ1) is 14.5. The Balaban J connectivity index is 2.95. The van der Waals surface area contributed by atoms with Gasteiger partial charge >= 0.3 is 0 Å². The minimum absolute atomic E-state index is 0.0286. The summed E-state index contributed by atoms with van der Waals surface area (Å²) in [6.45, 7) is 6.62. The van der Waals surface area contributed by atoms with Gasteiger partial charge in [0, 0.05) is 12.3 Å². The maximum Gasteiger partial charge on any atom is 0.240 e. The van der Waals surface area contributed by atoms with Crippen molar-refractivity contribution in [3.63, 3.8) is 0 Å². The fraction of sp³-hybridized carbons (Fsp3) is 0.500. The van der Waals surface area contributed by atoms with E-state index in [1.54, 1.807) is 12.1 Å². The van der Waals surface area contributed by atoms with Crippen LogP contribution < -0.4 is 4.72 Å². The lowest BCUT2D eigenvalue weighted by Crippen LogP contribution is -2.25. The highest BCUT2D eigenvalue weighted by molar-refractivity contribution is 7.89. The van der Waals surface area contributed by atoms with Gasteiger partial charge in [-0.2, -0.15) is 12.6 Å². The van der Waals surface area contributed by atoms with Crippen LogP contribution >= 0.6 is 12.6 Å². The zero-order valence-electron chi connectivity index (χ0n) is 10.4. The van der Waals surface area contributed by atoms with E-state index in [1.165, 1.54) is 0 Å². The van der Waals surface area contributed by atoms with Crippen molar-refractivity contribution in [2.75, 3.05) is 12.3 Å². The number of benzene rings is 1. The molecule has 1 aromatic carbocycles. The topological polar surface area (TPSA) is 46.2 Å². The van der Waals surface area contributed by atoms with Gasteiger partial charge in [0.25, 0.3) is 0 Å². The smallest absolute Gasteiger partial charge is 0.210 e. The molecule has 0 unspecified atom stereocenters. The highest BCUT2D eigenvalue weighted by Gasteiger charge is 2.16. The summed E-state index contributed by atoms with van der Waals surface area (Å²) in [5, 5.41) is 0. The summed E-state index contributed by atoms with van der Waals surface area (Å²) in [5.74, 6) is 0.485. The summed E-state index contributed by atoms with van der Waals surface area (Å²) in [7, 11) is -3.38. The first-order valence-electron chi connectivity index (χ1n) is 5.48. The van der Waals surface area contributed by atoms with Crippen molar-refractivity contribution in [3.05, 3.63) is 29.8 Å².